The Hall–Kier alpha value is -3.65. The molecule has 2 aromatic carbocycles. The average molecular weight is 431 g/mol. The molecule has 0 radical (unpaired) electrons. The molecule has 1 saturated heterocycles. The Morgan fingerprint density at radius 3 is 2.62 bits per heavy atom. The molecule has 3 aromatic rings. The number of carbonyl (C=O) groups is 1. The Morgan fingerprint density at radius 1 is 1.12 bits per heavy atom. The lowest BCUT2D eigenvalue weighted by Crippen LogP contribution is -2.44. The van der Waals surface area contributed by atoms with Gasteiger partial charge in [0.05, 0.1) is 18.8 Å². The van der Waals surface area contributed by atoms with Crippen LogP contribution in [0, 0.1) is 0 Å². The second-order valence-electron chi connectivity index (χ2n) is 7.84. The second kappa shape index (κ2) is 8.84. The van der Waals surface area contributed by atoms with Crippen molar-refractivity contribution in [3.63, 3.8) is 0 Å². The van der Waals surface area contributed by atoms with Crippen molar-refractivity contribution in [2.24, 2.45) is 0 Å². The van der Waals surface area contributed by atoms with Gasteiger partial charge in [-0.15, -0.1) is 0 Å². The smallest absolute Gasteiger partial charge is 0.254 e. The number of ether oxygens (including phenoxy) is 2. The van der Waals surface area contributed by atoms with Gasteiger partial charge in [0.15, 0.2) is 0 Å². The van der Waals surface area contributed by atoms with Crippen LogP contribution in [0.2, 0.25) is 0 Å². The minimum atomic E-state index is -0.368. The topological polar surface area (TPSA) is 81.5 Å². The van der Waals surface area contributed by atoms with Gasteiger partial charge in [-0.05, 0) is 30.2 Å². The molecule has 1 aromatic heterocycles. The number of allylic oxidation sites excluding steroid dienone is 1. The van der Waals surface area contributed by atoms with Gasteiger partial charge in [-0.25, -0.2) is 4.68 Å². The standard InChI is InChI=1S/C24H25N5O3/c1-17-21(23(30)28-11-13-31-14-12-28)22(29-24(27-17)25-16-26-29)19-7-9-20(10-8-19)32-15-18-5-3-2-4-6-18/h2-10,16,22H,11-15H2,1H3,(H,25,26,27)/t22-/m0/s1. The number of hydrogen-bond acceptors (Lipinski definition) is 6. The van der Waals surface area contributed by atoms with E-state index in [2.05, 4.69) is 15.4 Å². The SMILES string of the molecule is CC1=C(C(=O)N2CCOCC2)[C@H](c2ccc(OCc3ccccc3)cc2)n2ncnc2N1. The zero-order chi connectivity index (χ0) is 21.9. The molecule has 0 bridgehead atoms. The van der Waals surface area contributed by atoms with Gasteiger partial charge >= 0.3 is 0 Å². The first-order chi connectivity index (χ1) is 15.7. The molecule has 3 heterocycles. The van der Waals surface area contributed by atoms with Crippen molar-refractivity contribution >= 4 is 11.9 Å². The summed E-state index contributed by atoms with van der Waals surface area (Å²) in [6.45, 7) is 4.69. The first-order valence-electron chi connectivity index (χ1n) is 10.7. The summed E-state index contributed by atoms with van der Waals surface area (Å²) in [5.41, 5.74) is 3.51. The highest BCUT2D eigenvalue weighted by molar-refractivity contribution is 5.96. The zero-order valence-electron chi connectivity index (χ0n) is 17.9. The normalized spacial score (nSPS) is 18.2. The van der Waals surface area contributed by atoms with E-state index >= 15 is 0 Å². The highest BCUT2D eigenvalue weighted by atomic mass is 16.5. The molecule has 1 amide bonds. The van der Waals surface area contributed by atoms with Crippen molar-refractivity contribution in [3.8, 4) is 5.75 Å². The quantitative estimate of drug-likeness (QED) is 0.669. The summed E-state index contributed by atoms with van der Waals surface area (Å²) in [6.07, 6.45) is 1.50. The van der Waals surface area contributed by atoms with Crippen LogP contribution >= 0.6 is 0 Å². The van der Waals surface area contributed by atoms with Gasteiger partial charge in [-0.3, -0.25) is 4.79 Å². The van der Waals surface area contributed by atoms with Crippen LogP contribution < -0.4 is 10.1 Å². The summed E-state index contributed by atoms with van der Waals surface area (Å²) < 4.78 is 13.1. The van der Waals surface area contributed by atoms with E-state index in [1.54, 1.807) is 4.68 Å². The van der Waals surface area contributed by atoms with Crippen molar-refractivity contribution in [3.05, 3.63) is 83.3 Å². The van der Waals surface area contributed by atoms with Gasteiger partial charge in [-0.1, -0.05) is 42.5 Å². The van der Waals surface area contributed by atoms with Gasteiger partial charge < -0.3 is 19.7 Å². The van der Waals surface area contributed by atoms with Crippen LogP contribution in [-0.2, 0) is 16.1 Å². The second-order valence-corrected chi connectivity index (χ2v) is 7.84. The van der Waals surface area contributed by atoms with Crippen LogP contribution in [0.4, 0.5) is 5.95 Å². The number of aromatic nitrogens is 3. The van der Waals surface area contributed by atoms with Gasteiger partial charge in [0, 0.05) is 18.8 Å². The highest BCUT2D eigenvalue weighted by Gasteiger charge is 2.35. The Morgan fingerprint density at radius 2 is 1.88 bits per heavy atom. The molecular formula is C24H25N5O3. The molecule has 5 rings (SSSR count). The van der Waals surface area contributed by atoms with Crippen LogP contribution in [0.25, 0.3) is 0 Å². The van der Waals surface area contributed by atoms with E-state index in [-0.39, 0.29) is 11.9 Å². The van der Waals surface area contributed by atoms with E-state index in [1.165, 1.54) is 6.33 Å². The maximum absolute atomic E-state index is 13.5. The minimum absolute atomic E-state index is 0.00569. The molecule has 0 aliphatic carbocycles. The number of benzene rings is 2. The molecule has 2 aliphatic heterocycles. The summed E-state index contributed by atoms with van der Waals surface area (Å²) in [5, 5.41) is 7.63. The lowest BCUT2D eigenvalue weighted by molar-refractivity contribution is -0.131. The summed E-state index contributed by atoms with van der Waals surface area (Å²) in [7, 11) is 0. The van der Waals surface area contributed by atoms with Gasteiger partial charge in [0.2, 0.25) is 5.95 Å². The molecule has 0 unspecified atom stereocenters. The lowest BCUT2D eigenvalue weighted by Gasteiger charge is -2.33. The number of carbonyl (C=O) groups excluding carboxylic acids is 1. The first-order valence-corrected chi connectivity index (χ1v) is 10.7. The van der Waals surface area contributed by atoms with Crippen LogP contribution in [0.1, 0.15) is 24.1 Å². The van der Waals surface area contributed by atoms with Crippen LogP contribution in [0.3, 0.4) is 0 Å². The van der Waals surface area contributed by atoms with Crippen molar-refractivity contribution in [2.75, 3.05) is 31.6 Å². The predicted molar refractivity (Wildman–Crippen MR) is 119 cm³/mol. The maximum Gasteiger partial charge on any atom is 0.254 e. The zero-order valence-corrected chi connectivity index (χ0v) is 17.9. The molecule has 0 saturated carbocycles. The number of fused-ring (bicyclic) bond motifs is 1. The largest absolute Gasteiger partial charge is 0.489 e. The third kappa shape index (κ3) is 3.97. The van der Waals surface area contributed by atoms with E-state index in [4.69, 9.17) is 9.47 Å². The fourth-order valence-corrected chi connectivity index (χ4v) is 4.10. The van der Waals surface area contributed by atoms with Gasteiger partial charge in [0.1, 0.15) is 24.7 Å². The molecular weight excluding hydrogens is 406 g/mol. The minimum Gasteiger partial charge on any atom is -0.489 e. The number of hydrogen-bond donors (Lipinski definition) is 1. The van der Waals surface area contributed by atoms with Crippen LogP contribution in [0.5, 0.6) is 5.75 Å². The summed E-state index contributed by atoms with van der Waals surface area (Å²) >= 11 is 0. The molecule has 8 nitrogen and oxygen atoms in total. The fourth-order valence-electron chi connectivity index (χ4n) is 4.10. The van der Waals surface area contributed by atoms with Crippen LogP contribution in [-0.4, -0.2) is 51.9 Å². The Balaban J connectivity index is 1.42. The molecule has 32 heavy (non-hydrogen) atoms. The van der Waals surface area contributed by atoms with E-state index in [1.807, 2.05) is 66.4 Å². The van der Waals surface area contributed by atoms with E-state index in [0.717, 1.165) is 22.6 Å². The third-order valence-corrected chi connectivity index (χ3v) is 5.77. The summed E-state index contributed by atoms with van der Waals surface area (Å²) in [4.78, 5) is 19.6. The van der Waals surface area contributed by atoms with Crippen molar-refractivity contribution in [2.45, 2.75) is 19.6 Å². The van der Waals surface area contributed by atoms with Gasteiger partial charge in [0.25, 0.3) is 5.91 Å². The van der Waals surface area contributed by atoms with Crippen LogP contribution in [0.15, 0.2) is 72.2 Å². The number of morpholine rings is 1. The number of nitrogens with zero attached hydrogens (tertiary/aromatic N) is 4. The lowest BCUT2D eigenvalue weighted by atomic mass is 9.94. The molecule has 1 atom stereocenters. The van der Waals surface area contributed by atoms with Crippen molar-refractivity contribution in [1.29, 1.82) is 0 Å². The number of amides is 1. The van der Waals surface area contributed by atoms with E-state index in [9.17, 15) is 4.79 Å². The maximum atomic E-state index is 13.5. The van der Waals surface area contributed by atoms with E-state index in [0.29, 0.717) is 44.4 Å². The van der Waals surface area contributed by atoms with Crippen molar-refractivity contribution in [1.82, 2.24) is 19.7 Å². The summed E-state index contributed by atoms with van der Waals surface area (Å²) in [5.74, 6) is 1.39. The molecule has 0 spiro atoms. The third-order valence-electron chi connectivity index (χ3n) is 5.77. The summed E-state index contributed by atoms with van der Waals surface area (Å²) in [6, 6.07) is 17.5. The number of rotatable bonds is 5. The molecule has 1 N–H and O–H groups in total. The highest BCUT2D eigenvalue weighted by Crippen LogP contribution is 2.36. The number of nitrogens with one attached hydrogen (secondary N) is 1. The van der Waals surface area contributed by atoms with Gasteiger partial charge in [-0.2, -0.15) is 10.1 Å². The first kappa shape index (κ1) is 20.3. The van der Waals surface area contributed by atoms with Crippen molar-refractivity contribution < 1.29 is 14.3 Å². The molecule has 164 valence electrons. The Labute approximate surface area is 186 Å². The molecule has 2 aliphatic rings. The molecule has 8 heteroatoms. The predicted octanol–water partition coefficient (Wildman–Crippen LogP) is 3.00. The molecule has 1 fully saturated rings. The Bertz CT molecular complexity index is 1120. The average Bonchev–Trinajstić information content (AvgIpc) is 3.31. The van der Waals surface area contributed by atoms with E-state index < -0.39 is 0 Å². The Kier molecular flexibility index (Phi) is 5.60. The number of anilines is 1. The monoisotopic (exact) mass is 431 g/mol. The fraction of sp³-hybridized carbons (Fsp3) is 0.292.